The first-order valence-electron chi connectivity index (χ1n) is 5.20. The summed E-state index contributed by atoms with van der Waals surface area (Å²) >= 11 is 1.85. The number of anilines is 1. The number of aromatic nitrogens is 2. The van der Waals surface area contributed by atoms with Gasteiger partial charge in [0.2, 0.25) is 0 Å². The maximum atomic E-state index is 5.71. The number of nitrogens with zero attached hydrogens (tertiary/aromatic N) is 2. The van der Waals surface area contributed by atoms with Crippen LogP contribution in [0.2, 0.25) is 0 Å². The van der Waals surface area contributed by atoms with Crippen LogP contribution < -0.4 is 5.73 Å². The van der Waals surface area contributed by atoms with Gasteiger partial charge in [0.05, 0.1) is 6.33 Å². The van der Waals surface area contributed by atoms with E-state index in [9.17, 15) is 0 Å². The minimum Gasteiger partial charge on any atom is -0.399 e. The van der Waals surface area contributed by atoms with E-state index in [2.05, 4.69) is 22.5 Å². The first-order chi connectivity index (χ1) is 7.75. The Morgan fingerprint density at radius 2 is 2.31 bits per heavy atom. The Balaban J connectivity index is 1.90. The number of aryl methyl sites for hydroxylation is 2. The Labute approximate surface area is 99.7 Å². The van der Waals surface area contributed by atoms with Crippen molar-refractivity contribution in [3.05, 3.63) is 42.5 Å². The molecule has 0 aliphatic rings. The molecule has 0 fully saturated rings. The zero-order valence-electron chi connectivity index (χ0n) is 9.26. The summed E-state index contributed by atoms with van der Waals surface area (Å²) in [7, 11) is 0. The summed E-state index contributed by atoms with van der Waals surface area (Å²) in [5.74, 6) is 1.04. The number of nitrogens with two attached hydrogens (primary N) is 1. The Morgan fingerprint density at radius 1 is 1.44 bits per heavy atom. The van der Waals surface area contributed by atoms with Gasteiger partial charge in [0.15, 0.2) is 0 Å². The van der Waals surface area contributed by atoms with Crippen molar-refractivity contribution >= 4 is 17.4 Å². The predicted molar refractivity (Wildman–Crippen MR) is 68.5 cm³/mol. The number of nitrogen functional groups attached to an aromatic ring is 1. The molecule has 0 amide bonds. The molecule has 0 atom stereocenters. The fourth-order valence-corrected chi connectivity index (χ4v) is 2.49. The SMILES string of the molecule is Cc1cc(N)ccc1SCCn1ccnc1. The monoisotopic (exact) mass is 233 g/mol. The van der Waals surface area contributed by atoms with Crippen LogP contribution in [0.5, 0.6) is 0 Å². The molecule has 2 aromatic rings. The summed E-state index contributed by atoms with van der Waals surface area (Å²) < 4.78 is 2.08. The van der Waals surface area contributed by atoms with E-state index < -0.39 is 0 Å². The number of benzene rings is 1. The van der Waals surface area contributed by atoms with Gasteiger partial charge >= 0.3 is 0 Å². The number of rotatable bonds is 4. The lowest BCUT2D eigenvalue weighted by Crippen LogP contribution is -1.97. The summed E-state index contributed by atoms with van der Waals surface area (Å²) in [5.41, 5.74) is 7.79. The molecule has 0 bridgehead atoms. The Kier molecular flexibility index (Phi) is 3.51. The van der Waals surface area contributed by atoms with Crippen LogP contribution in [0.4, 0.5) is 5.69 Å². The first-order valence-corrected chi connectivity index (χ1v) is 6.19. The largest absolute Gasteiger partial charge is 0.399 e. The van der Waals surface area contributed by atoms with Crippen LogP contribution in [0.25, 0.3) is 0 Å². The number of hydrogen-bond donors (Lipinski definition) is 1. The lowest BCUT2D eigenvalue weighted by atomic mass is 10.2. The Hall–Kier alpha value is -1.42. The molecule has 3 nitrogen and oxygen atoms in total. The minimum absolute atomic E-state index is 0.830. The Morgan fingerprint density at radius 3 is 3.00 bits per heavy atom. The number of imidazole rings is 1. The summed E-state index contributed by atoms with van der Waals surface area (Å²) in [5, 5.41) is 0. The van der Waals surface area contributed by atoms with E-state index >= 15 is 0 Å². The van der Waals surface area contributed by atoms with Crippen LogP contribution in [0.1, 0.15) is 5.56 Å². The molecular weight excluding hydrogens is 218 g/mol. The van der Waals surface area contributed by atoms with Crippen molar-refractivity contribution < 1.29 is 0 Å². The van der Waals surface area contributed by atoms with E-state index in [1.54, 1.807) is 6.20 Å². The van der Waals surface area contributed by atoms with Crippen LogP contribution in [0, 0.1) is 6.92 Å². The summed E-state index contributed by atoms with van der Waals surface area (Å²) in [4.78, 5) is 5.31. The number of hydrogen-bond acceptors (Lipinski definition) is 3. The average Bonchev–Trinajstić information content (AvgIpc) is 2.74. The molecular formula is C12H15N3S. The van der Waals surface area contributed by atoms with Crippen LogP contribution in [-0.2, 0) is 6.54 Å². The topological polar surface area (TPSA) is 43.8 Å². The summed E-state index contributed by atoms with van der Waals surface area (Å²) in [6.07, 6.45) is 5.63. The molecule has 0 spiro atoms. The van der Waals surface area contributed by atoms with Gasteiger partial charge in [-0.05, 0) is 30.7 Å². The molecule has 0 radical (unpaired) electrons. The molecule has 4 heteroatoms. The standard InChI is InChI=1S/C12H15N3S/c1-10-8-11(13)2-3-12(10)16-7-6-15-5-4-14-9-15/h2-5,8-9H,6-7,13H2,1H3. The highest BCUT2D eigenvalue weighted by Crippen LogP contribution is 2.24. The molecule has 0 saturated carbocycles. The van der Waals surface area contributed by atoms with E-state index in [1.165, 1.54) is 10.5 Å². The first kappa shape index (κ1) is 11.1. The minimum atomic E-state index is 0.830. The molecule has 1 aromatic carbocycles. The van der Waals surface area contributed by atoms with Gasteiger partial charge in [0.25, 0.3) is 0 Å². The van der Waals surface area contributed by atoms with Crippen LogP contribution in [0.3, 0.4) is 0 Å². The van der Waals surface area contributed by atoms with Crippen molar-refractivity contribution in [2.75, 3.05) is 11.5 Å². The van der Waals surface area contributed by atoms with E-state index in [4.69, 9.17) is 5.73 Å². The molecule has 0 unspecified atom stereocenters. The van der Waals surface area contributed by atoms with Crippen LogP contribution in [0.15, 0.2) is 41.8 Å². The molecule has 2 rings (SSSR count). The smallest absolute Gasteiger partial charge is 0.0946 e. The maximum absolute atomic E-state index is 5.71. The molecule has 2 N–H and O–H groups in total. The van der Waals surface area contributed by atoms with Gasteiger partial charge in [-0.15, -0.1) is 11.8 Å². The van der Waals surface area contributed by atoms with Crippen molar-refractivity contribution in [1.29, 1.82) is 0 Å². The Bertz CT molecular complexity index is 451. The van der Waals surface area contributed by atoms with Gasteiger partial charge in [-0.2, -0.15) is 0 Å². The molecule has 0 aliphatic carbocycles. The maximum Gasteiger partial charge on any atom is 0.0946 e. The van der Waals surface area contributed by atoms with E-state index in [-0.39, 0.29) is 0 Å². The van der Waals surface area contributed by atoms with Crippen molar-refractivity contribution in [1.82, 2.24) is 9.55 Å². The second kappa shape index (κ2) is 5.07. The fourth-order valence-electron chi connectivity index (χ4n) is 1.51. The highest BCUT2D eigenvalue weighted by molar-refractivity contribution is 7.99. The van der Waals surface area contributed by atoms with Gasteiger partial charge in [0.1, 0.15) is 0 Å². The van der Waals surface area contributed by atoms with E-state index in [1.807, 2.05) is 36.4 Å². The van der Waals surface area contributed by atoms with Gasteiger partial charge in [0, 0.05) is 35.3 Å². The summed E-state index contributed by atoms with van der Waals surface area (Å²) in [6, 6.07) is 6.05. The van der Waals surface area contributed by atoms with Crippen molar-refractivity contribution in [3.63, 3.8) is 0 Å². The highest BCUT2D eigenvalue weighted by Gasteiger charge is 1.99. The van der Waals surface area contributed by atoms with Crippen molar-refractivity contribution in [3.8, 4) is 0 Å². The van der Waals surface area contributed by atoms with Gasteiger partial charge in [-0.25, -0.2) is 4.98 Å². The molecule has 84 valence electrons. The second-order valence-electron chi connectivity index (χ2n) is 3.67. The van der Waals surface area contributed by atoms with Crippen molar-refractivity contribution in [2.45, 2.75) is 18.4 Å². The lowest BCUT2D eigenvalue weighted by Gasteiger charge is -2.06. The van der Waals surface area contributed by atoms with Gasteiger partial charge in [-0.3, -0.25) is 0 Å². The number of thioether (sulfide) groups is 1. The zero-order valence-corrected chi connectivity index (χ0v) is 10.1. The highest BCUT2D eigenvalue weighted by atomic mass is 32.2. The fraction of sp³-hybridized carbons (Fsp3) is 0.250. The summed E-state index contributed by atoms with van der Waals surface area (Å²) in [6.45, 7) is 3.07. The average molecular weight is 233 g/mol. The lowest BCUT2D eigenvalue weighted by molar-refractivity contribution is 0.770. The van der Waals surface area contributed by atoms with Crippen LogP contribution in [-0.4, -0.2) is 15.3 Å². The quantitative estimate of drug-likeness (QED) is 0.652. The zero-order chi connectivity index (χ0) is 11.4. The molecule has 16 heavy (non-hydrogen) atoms. The third-order valence-corrected chi connectivity index (χ3v) is 3.52. The predicted octanol–water partition coefficient (Wildman–Crippen LogP) is 2.57. The molecule has 0 aliphatic heterocycles. The third-order valence-electron chi connectivity index (χ3n) is 2.37. The molecule has 0 saturated heterocycles. The van der Waals surface area contributed by atoms with E-state index in [0.717, 1.165) is 18.0 Å². The second-order valence-corrected chi connectivity index (χ2v) is 4.81. The van der Waals surface area contributed by atoms with Gasteiger partial charge in [-0.1, -0.05) is 0 Å². The third kappa shape index (κ3) is 2.79. The van der Waals surface area contributed by atoms with Crippen LogP contribution >= 0.6 is 11.8 Å². The molecule has 1 aromatic heterocycles. The molecule has 1 heterocycles. The van der Waals surface area contributed by atoms with Crippen molar-refractivity contribution in [2.24, 2.45) is 0 Å². The normalized spacial score (nSPS) is 10.6. The van der Waals surface area contributed by atoms with Gasteiger partial charge < -0.3 is 10.3 Å². The van der Waals surface area contributed by atoms with E-state index in [0.29, 0.717) is 0 Å².